The Bertz CT molecular complexity index is 216. The molecule has 0 spiro atoms. The lowest BCUT2D eigenvalue weighted by molar-refractivity contribution is -0.273. The third kappa shape index (κ3) is 4.20. The summed E-state index contributed by atoms with van der Waals surface area (Å²) < 4.78 is 0. The molecule has 0 aromatic carbocycles. The van der Waals surface area contributed by atoms with E-state index in [1.54, 1.807) is 6.92 Å². The van der Waals surface area contributed by atoms with Gasteiger partial charge in [0.05, 0.1) is 0 Å². The van der Waals surface area contributed by atoms with Crippen molar-refractivity contribution in [3.05, 3.63) is 0 Å². The van der Waals surface area contributed by atoms with Crippen LogP contribution in [0.5, 0.6) is 0 Å². The summed E-state index contributed by atoms with van der Waals surface area (Å²) in [5.41, 5.74) is -1.74. The van der Waals surface area contributed by atoms with Crippen molar-refractivity contribution < 1.29 is 29.6 Å². The molecule has 2 N–H and O–H groups in total. The normalized spacial score (nSPS) is 13.2. The first kappa shape index (κ1) is 12.9. The summed E-state index contributed by atoms with van der Waals surface area (Å²) in [4.78, 5) is 29.6. The van der Waals surface area contributed by atoms with E-state index in [1.165, 1.54) is 13.8 Å². The second-order valence-electron chi connectivity index (χ2n) is 3.26. The van der Waals surface area contributed by atoms with Crippen LogP contribution in [0.25, 0.3) is 0 Å². The summed E-state index contributed by atoms with van der Waals surface area (Å²) in [5.74, 6) is -2.17. The van der Waals surface area contributed by atoms with Gasteiger partial charge in [0.2, 0.25) is 0 Å². The van der Waals surface area contributed by atoms with Crippen LogP contribution in [0.4, 0.5) is 0 Å². The third-order valence-electron chi connectivity index (χ3n) is 1.36. The molecule has 0 aliphatic rings. The molecule has 1 unspecified atom stereocenters. The molecule has 0 rings (SSSR count). The van der Waals surface area contributed by atoms with Gasteiger partial charge in [-0.2, -0.15) is 0 Å². The van der Waals surface area contributed by atoms with Crippen molar-refractivity contribution in [2.75, 3.05) is 0 Å². The first-order valence-electron chi connectivity index (χ1n) is 4.12. The minimum atomic E-state index is -1.74. The van der Waals surface area contributed by atoms with Crippen LogP contribution in [-0.2, 0) is 19.4 Å². The molecule has 6 nitrogen and oxygen atoms in total. The lowest BCUT2D eigenvalue weighted by Crippen LogP contribution is -2.35. The number of carbonyl (C=O) groups excluding carboxylic acids is 2. The zero-order valence-electron chi connectivity index (χ0n) is 8.31. The van der Waals surface area contributed by atoms with Gasteiger partial charge in [0.25, 0.3) is 0 Å². The summed E-state index contributed by atoms with van der Waals surface area (Å²) >= 11 is 0. The average Bonchev–Trinajstić information content (AvgIpc) is 2.10. The van der Waals surface area contributed by atoms with Crippen molar-refractivity contribution in [3.8, 4) is 0 Å². The Kier molecular flexibility index (Phi) is 4.52. The van der Waals surface area contributed by atoms with E-state index in [-0.39, 0.29) is 6.42 Å². The fourth-order valence-corrected chi connectivity index (χ4v) is 0.403. The zero-order valence-corrected chi connectivity index (χ0v) is 8.31. The molecule has 6 heteroatoms. The maximum absolute atomic E-state index is 10.8. The minimum Gasteiger partial charge on any atom is -0.381 e. The largest absolute Gasteiger partial charge is 0.386 e. The van der Waals surface area contributed by atoms with Crippen molar-refractivity contribution in [2.45, 2.75) is 38.9 Å². The summed E-state index contributed by atoms with van der Waals surface area (Å²) in [6.45, 7) is 3.92. The van der Waals surface area contributed by atoms with E-state index in [9.17, 15) is 9.59 Å². The van der Waals surface area contributed by atoms with E-state index in [2.05, 4.69) is 9.78 Å². The topological polar surface area (TPSA) is 93.1 Å². The van der Waals surface area contributed by atoms with E-state index in [0.717, 1.165) is 0 Å². The Morgan fingerprint density at radius 2 is 1.86 bits per heavy atom. The van der Waals surface area contributed by atoms with Crippen LogP contribution >= 0.6 is 0 Å². The van der Waals surface area contributed by atoms with E-state index >= 15 is 0 Å². The quantitative estimate of drug-likeness (QED) is 0.479. The van der Waals surface area contributed by atoms with Gasteiger partial charge in [0.15, 0.2) is 11.7 Å². The average molecular weight is 206 g/mol. The maximum Gasteiger partial charge on any atom is 0.386 e. The van der Waals surface area contributed by atoms with Gasteiger partial charge in [0, 0.05) is 0 Å². The molecule has 0 saturated heterocycles. The maximum atomic E-state index is 10.8. The molecule has 0 aliphatic carbocycles. The first-order chi connectivity index (χ1) is 6.29. The lowest BCUT2D eigenvalue weighted by atomic mass is 10.1. The summed E-state index contributed by atoms with van der Waals surface area (Å²) in [6.07, 6.45) is -1.18. The monoisotopic (exact) mass is 206 g/mol. The van der Waals surface area contributed by atoms with Gasteiger partial charge in [0.1, 0.15) is 0 Å². The predicted molar refractivity (Wildman–Crippen MR) is 44.8 cm³/mol. The second kappa shape index (κ2) is 4.92. The lowest BCUT2D eigenvalue weighted by Gasteiger charge is -2.13. The van der Waals surface area contributed by atoms with Crippen molar-refractivity contribution in [1.29, 1.82) is 0 Å². The van der Waals surface area contributed by atoms with E-state index in [4.69, 9.17) is 10.2 Å². The van der Waals surface area contributed by atoms with E-state index < -0.39 is 23.6 Å². The van der Waals surface area contributed by atoms with Crippen LogP contribution in [-0.4, -0.2) is 33.9 Å². The Morgan fingerprint density at radius 1 is 1.36 bits per heavy atom. The number of hydrogen-bond donors (Lipinski definition) is 2. The second-order valence-corrected chi connectivity index (χ2v) is 3.26. The predicted octanol–water partition coefficient (Wildman–Crippen LogP) is -0.470. The SMILES string of the molecule is CCC(O)C(=O)OOC(=O)C(C)(C)O. The smallest absolute Gasteiger partial charge is 0.381 e. The molecule has 0 aromatic heterocycles. The van der Waals surface area contributed by atoms with E-state index in [0.29, 0.717) is 0 Å². The van der Waals surface area contributed by atoms with Crippen LogP contribution in [0.3, 0.4) is 0 Å². The van der Waals surface area contributed by atoms with Gasteiger partial charge in [-0.05, 0) is 20.3 Å². The van der Waals surface area contributed by atoms with Crippen LogP contribution in [0.1, 0.15) is 27.2 Å². The number of aliphatic hydroxyl groups excluding tert-OH is 1. The Hall–Kier alpha value is -1.14. The van der Waals surface area contributed by atoms with Gasteiger partial charge in [-0.15, -0.1) is 0 Å². The molecule has 0 aliphatic heterocycles. The van der Waals surface area contributed by atoms with Gasteiger partial charge in [-0.25, -0.2) is 19.4 Å². The number of hydrogen-bond acceptors (Lipinski definition) is 6. The van der Waals surface area contributed by atoms with Crippen molar-refractivity contribution in [3.63, 3.8) is 0 Å². The van der Waals surface area contributed by atoms with Crippen LogP contribution in [0.2, 0.25) is 0 Å². The van der Waals surface area contributed by atoms with Gasteiger partial charge < -0.3 is 10.2 Å². The van der Waals surface area contributed by atoms with Crippen LogP contribution < -0.4 is 0 Å². The van der Waals surface area contributed by atoms with Crippen LogP contribution in [0.15, 0.2) is 0 Å². The summed E-state index contributed by atoms with van der Waals surface area (Å²) in [6, 6.07) is 0. The molecule has 1 atom stereocenters. The Labute approximate surface area is 81.4 Å². The molecule has 0 saturated carbocycles. The molecular weight excluding hydrogens is 192 g/mol. The van der Waals surface area contributed by atoms with Crippen LogP contribution in [0, 0.1) is 0 Å². The summed E-state index contributed by atoms with van der Waals surface area (Å²) in [5, 5.41) is 18.0. The molecular formula is C8H14O6. The van der Waals surface area contributed by atoms with Crippen molar-refractivity contribution in [2.24, 2.45) is 0 Å². The molecule has 14 heavy (non-hydrogen) atoms. The van der Waals surface area contributed by atoms with E-state index in [1.807, 2.05) is 0 Å². The standard InChI is InChI=1S/C8H14O6/c1-4-5(9)6(10)13-14-7(11)8(2,3)12/h5,9,12H,4H2,1-3H3. The number of aliphatic hydroxyl groups is 2. The third-order valence-corrected chi connectivity index (χ3v) is 1.36. The van der Waals surface area contributed by atoms with Gasteiger partial charge in [-0.3, -0.25) is 0 Å². The fraction of sp³-hybridized carbons (Fsp3) is 0.750. The fourth-order valence-electron chi connectivity index (χ4n) is 0.403. The molecule has 0 fully saturated rings. The highest BCUT2D eigenvalue weighted by Gasteiger charge is 2.29. The summed E-state index contributed by atoms with van der Waals surface area (Å²) in [7, 11) is 0. The Balaban J connectivity index is 3.96. The Morgan fingerprint density at radius 3 is 2.21 bits per heavy atom. The first-order valence-corrected chi connectivity index (χ1v) is 4.12. The van der Waals surface area contributed by atoms with Crippen molar-refractivity contribution in [1.82, 2.24) is 0 Å². The highest BCUT2D eigenvalue weighted by molar-refractivity contribution is 5.79. The highest BCUT2D eigenvalue weighted by Crippen LogP contribution is 2.05. The molecule has 0 amide bonds. The molecule has 0 radical (unpaired) electrons. The zero-order chi connectivity index (χ0) is 11.4. The number of carbonyl (C=O) groups is 2. The highest BCUT2D eigenvalue weighted by atomic mass is 17.2. The molecule has 0 bridgehead atoms. The minimum absolute atomic E-state index is 0.152. The molecule has 0 aromatic rings. The van der Waals surface area contributed by atoms with Crippen molar-refractivity contribution >= 4 is 11.9 Å². The molecule has 82 valence electrons. The van der Waals surface area contributed by atoms with Gasteiger partial charge in [-0.1, -0.05) is 6.92 Å². The molecule has 0 heterocycles. The number of rotatable bonds is 3. The van der Waals surface area contributed by atoms with Gasteiger partial charge >= 0.3 is 11.9 Å².